The summed E-state index contributed by atoms with van der Waals surface area (Å²) in [5.41, 5.74) is 1.54. The molecule has 0 aliphatic carbocycles. The van der Waals surface area contributed by atoms with Gasteiger partial charge in [-0.3, -0.25) is 4.79 Å². The van der Waals surface area contributed by atoms with Gasteiger partial charge in [0.15, 0.2) is 0 Å². The Hall–Kier alpha value is -1.81. The molecule has 1 N–H and O–H groups in total. The van der Waals surface area contributed by atoms with Crippen molar-refractivity contribution in [3.63, 3.8) is 0 Å². The summed E-state index contributed by atoms with van der Waals surface area (Å²) < 4.78 is 5.31. The molecule has 1 amide bonds. The molecule has 4 rings (SSSR count). The monoisotopic (exact) mass is 284 g/mol. The standard InChI is InChI=1S/C17H20N2O2/c1-19-14-3-4-15(19)10-13(9-14)18-17(20)12-2-5-16-11(8-12)6-7-21-16/h2,5-8,13-15H,3-4,9-10H2,1H3,(H,18,20)/t13?,14-,15+. The van der Waals surface area contributed by atoms with Gasteiger partial charge in [0.05, 0.1) is 6.26 Å². The summed E-state index contributed by atoms with van der Waals surface area (Å²) >= 11 is 0. The zero-order valence-electron chi connectivity index (χ0n) is 12.2. The van der Waals surface area contributed by atoms with Crippen LogP contribution in [0.15, 0.2) is 34.9 Å². The zero-order valence-corrected chi connectivity index (χ0v) is 12.2. The van der Waals surface area contributed by atoms with Crippen LogP contribution >= 0.6 is 0 Å². The van der Waals surface area contributed by atoms with Gasteiger partial charge >= 0.3 is 0 Å². The highest BCUT2D eigenvalue weighted by Crippen LogP contribution is 2.34. The molecule has 0 spiro atoms. The number of amides is 1. The van der Waals surface area contributed by atoms with E-state index in [4.69, 9.17) is 4.42 Å². The second kappa shape index (κ2) is 4.88. The minimum absolute atomic E-state index is 0.0343. The van der Waals surface area contributed by atoms with E-state index in [9.17, 15) is 4.79 Å². The second-order valence-corrected chi connectivity index (χ2v) is 6.37. The van der Waals surface area contributed by atoms with Crippen molar-refractivity contribution in [1.82, 2.24) is 10.2 Å². The normalized spacial score (nSPS) is 28.9. The maximum atomic E-state index is 12.4. The molecule has 110 valence electrons. The number of rotatable bonds is 2. The van der Waals surface area contributed by atoms with Crippen molar-refractivity contribution in [2.24, 2.45) is 0 Å². The van der Waals surface area contributed by atoms with Crippen LogP contribution in [0.2, 0.25) is 0 Å². The molecule has 3 heterocycles. The van der Waals surface area contributed by atoms with E-state index in [1.54, 1.807) is 6.26 Å². The minimum Gasteiger partial charge on any atom is -0.464 e. The lowest BCUT2D eigenvalue weighted by atomic mass is 9.97. The number of nitrogens with one attached hydrogen (secondary N) is 1. The topological polar surface area (TPSA) is 45.5 Å². The molecule has 2 aliphatic heterocycles. The molecule has 0 saturated carbocycles. The molecule has 2 aromatic rings. The van der Waals surface area contributed by atoms with Crippen LogP contribution in [0, 0.1) is 0 Å². The van der Waals surface area contributed by atoms with Gasteiger partial charge in [-0.1, -0.05) is 0 Å². The fourth-order valence-corrected chi connectivity index (χ4v) is 3.91. The number of carbonyl (C=O) groups excluding carboxylic acids is 1. The number of hydrogen-bond acceptors (Lipinski definition) is 3. The van der Waals surface area contributed by atoms with Crippen molar-refractivity contribution in [2.75, 3.05) is 7.05 Å². The van der Waals surface area contributed by atoms with Gasteiger partial charge in [-0.2, -0.15) is 0 Å². The molecule has 2 fully saturated rings. The van der Waals surface area contributed by atoms with E-state index in [0.29, 0.717) is 18.1 Å². The number of furan rings is 1. The maximum Gasteiger partial charge on any atom is 0.251 e. The Kier molecular flexibility index (Phi) is 3.00. The second-order valence-electron chi connectivity index (χ2n) is 6.37. The first-order chi connectivity index (χ1) is 10.2. The van der Waals surface area contributed by atoms with E-state index < -0.39 is 0 Å². The molecule has 0 radical (unpaired) electrons. The predicted octanol–water partition coefficient (Wildman–Crippen LogP) is 2.79. The number of benzene rings is 1. The fourth-order valence-electron chi connectivity index (χ4n) is 3.91. The lowest BCUT2D eigenvalue weighted by Gasteiger charge is -2.36. The molecule has 1 aromatic carbocycles. The van der Waals surface area contributed by atoms with Gasteiger partial charge in [0.1, 0.15) is 5.58 Å². The summed E-state index contributed by atoms with van der Waals surface area (Å²) in [6, 6.07) is 9.09. The van der Waals surface area contributed by atoms with Crippen LogP contribution in [0.5, 0.6) is 0 Å². The molecule has 2 aliphatic rings. The van der Waals surface area contributed by atoms with Crippen LogP contribution in [0.25, 0.3) is 11.0 Å². The van der Waals surface area contributed by atoms with Crippen molar-refractivity contribution in [2.45, 2.75) is 43.8 Å². The van der Waals surface area contributed by atoms with Crippen molar-refractivity contribution >= 4 is 16.9 Å². The average molecular weight is 284 g/mol. The predicted molar refractivity (Wildman–Crippen MR) is 81.3 cm³/mol. The van der Waals surface area contributed by atoms with Crippen LogP contribution in [0.1, 0.15) is 36.0 Å². The van der Waals surface area contributed by atoms with Crippen LogP contribution < -0.4 is 5.32 Å². The van der Waals surface area contributed by atoms with E-state index in [1.807, 2.05) is 24.3 Å². The van der Waals surface area contributed by atoms with E-state index >= 15 is 0 Å². The van der Waals surface area contributed by atoms with Crippen molar-refractivity contribution in [3.05, 3.63) is 36.1 Å². The smallest absolute Gasteiger partial charge is 0.251 e. The Labute approximate surface area is 124 Å². The lowest BCUT2D eigenvalue weighted by molar-refractivity contribution is 0.0882. The summed E-state index contributed by atoms with van der Waals surface area (Å²) in [6.45, 7) is 0. The van der Waals surface area contributed by atoms with Gasteiger partial charge in [-0.15, -0.1) is 0 Å². The van der Waals surface area contributed by atoms with E-state index in [0.717, 1.165) is 29.4 Å². The first-order valence-corrected chi connectivity index (χ1v) is 7.71. The molecular formula is C17H20N2O2. The Balaban J connectivity index is 1.48. The SMILES string of the molecule is CN1[C@@H]2CC[C@H]1CC(NC(=O)c1ccc3occc3c1)C2. The Bertz CT molecular complexity index is 664. The number of fused-ring (bicyclic) bond motifs is 3. The van der Waals surface area contributed by atoms with E-state index in [2.05, 4.69) is 17.3 Å². The first kappa shape index (κ1) is 12.9. The summed E-state index contributed by atoms with van der Waals surface area (Å²) in [6.07, 6.45) is 6.35. The van der Waals surface area contributed by atoms with Crippen molar-refractivity contribution in [1.29, 1.82) is 0 Å². The highest BCUT2D eigenvalue weighted by Gasteiger charge is 2.38. The van der Waals surface area contributed by atoms with Crippen LogP contribution in [-0.4, -0.2) is 36.0 Å². The lowest BCUT2D eigenvalue weighted by Crippen LogP contribution is -2.48. The third-order valence-electron chi connectivity index (χ3n) is 5.15. The number of nitrogens with zero attached hydrogens (tertiary/aromatic N) is 1. The molecule has 1 aromatic heterocycles. The molecule has 4 nitrogen and oxygen atoms in total. The number of piperidine rings is 1. The van der Waals surface area contributed by atoms with E-state index in [-0.39, 0.29) is 5.91 Å². The highest BCUT2D eigenvalue weighted by molar-refractivity contribution is 5.97. The number of carbonyl (C=O) groups is 1. The quantitative estimate of drug-likeness (QED) is 0.922. The summed E-state index contributed by atoms with van der Waals surface area (Å²) in [5, 5.41) is 4.20. The van der Waals surface area contributed by atoms with Gasteiger partial charge in [-0.25, -0.2) is 0 Å². The van der Waals surface area contributed by atoms with Gasteiger partial charge < -0.3 is 14.6 Å². The third kappa shape index (κ3) is 2.23. The molecule has 2 bridgehead atoms. The summed E-state index contributed by atoms with van der Waals surface area (Å²) in [5.74, 6) is 0.0343. The molecule has 1 unspecified atom stereocenters. The van der Waals surface area contributed by atoms with Crippen LogP contribution in [0.3, 0.4) is 0 Å². The molecule has 2 saturated heterocycles. The van der Waals surface area contributed by atoms with Crippen molar-refractivity contribution in [3.8, 4) is 0 Å². The third-order valence-corrected chi connectivity index (χ3v) is 5.15. The molecule has 3 atom stereocenters. The van der Waals surface area contributed by atoms with Crippen LogP contribution in [-0.2, 0) is 0 Å². The Morgan fingerprint density at radius 2 is 2.00 bits per heavy atom. The summed E-state index contributed by atoms with van der Waals surface area (Å²) in [7, 11) is 2.22. The highest BCUT2D eigenvalue weighted by atomic mass is 16.3. The van der Waals surface area contributed by atoms with Crippen LogP contribution in [0.4, 0.5) is 0 Å². The number of hydrogen-bond donors (Lipinski definition) is 1. The Morgan fingerprint density at radius 3 is 2.76 bits per heavy atom. The zero-order chi connectivity index (χ0) is 14.4. The van der Waals surface area contributed by atoms with Crippen molar-refractivity contribution < 1.29 is 9.21 Å². The van der Waals surface area contributed by atoms with Gasteiger partial charge in [0.2, 0.25) is 0 Å². The first-order valence-electron chi connectivity index (χ1n) is 7.71. The average Bonchev–Trinajstić information content (AvgIpc) is 3.01. The molecule has 4 heteroatoms. The maximum absolute atomic E-state index is 12.4. The van der Waals surface area contributed by atoms with E-state index in [1.165, 1.54) is 12.8 Å². The largest absolute Gasteiger partial charge is 0.464 e. The molecule has 21 heavy (non-hydrogen) atoms. The van der Waals surface area contributed by atoms with Gasteiger partial charge in [0.25, 0.3) is 5.91 Å². The van der Waals surface area contributed by atoms with Gasteiger partial charge in [-0.05, 0) is 57.0 Å². The fraction of sp³-hybridized carbons (Fsp3) is 0.471. The Morgan fingerprint density at radius 1 is 1.24 bits per heavy atom. The molecular weight excluding hydrogens is 264 g/mol. The minimum atomic E-state index is 0.0343. The van der Waals surface area contributed by atoms with Gasteiger partial charge in [0, 0.05) is 29.1 Å². The summed E-state index contributed by atoms with van der Waals surface area (Å²) in [4.78, 5) is 14.9.